The molecule has 8 amide bonds. The van der Waals surface area contributed by atoms with E-state index in [0.29, 0.717) is 13.2 Å². The van der Waals surface area contributed by atoms with Crippen LogP contribution in [0.4, 0.5) is 0 Å². The molecule has 0 aromatic rings. The molecular weight excluding hydrogens is 1290 g/mol. The summed E-state index contributed by atoms with van der Waals surface area (Å²) in [6.45, 7) is 8.39. The van der Waals surface area contributed by atoms with Crippen LogP contribution < -0.4 is 47.9 Å². The Balaban J connectivity index is 1.61. The van der Waals surface area contributed by atoms with Crippen LogP contribution in [0.15, 0.2) is 0 Å². The van der Waals surface area contributed by atoms with Gasteiger partial charge in [0, 0.05) is 72.8 Å². The van der Waals surface area contributed by atoms with Crippen molar-refractivity contribution in [2.24, 2.45) is 0 Å². The van der Waals surface area contributed by atoms with E-state index in [1.807, 2.05) is 20.8 Å². The van der Waals surface area contributed by atoms with Crippen molar-refractivity contribution in [3.63, 3.8) is 0 Å². The van der Waals surface area contributed by atoms with Gasteiger partial charge >= 0.3 is 0 Å². The molecule has 0 aromatic heterocycles. The topological polar surface area (TPSA) is 519 Å². The van der Waals surface area contributed by atoms with Crippen molar-refractivity contribution in [1.82, 2.24) is 47.9 Å². The maximum Gasteiger partial charge on any atom is 0.242 e. The maximum absolute atomic E-state index is 13.8. The lowest BCUT2D eigenvalue weighted by atomic mass is 9.97. The second-order valence-electron chi connectivity index (χ2n) is 24.6. The number of hydrogen-bond donors (Lipinski definition) is 18. The van der Waals surface area contributed by atoms with Crippen LogP contribution in [0.2, 0.25) is 0 Å². The maximum atomic E-state index is 13.8. The number of ether oxygens (including phenoxy) is 10. The fourth-order valence-corrected chi connectivity index (χ4v) is 10.3. The summed E-state index contributed by atoms with van der Waals surface area (Å²) in [5.74, 6) is -3.84. The van der Waals surface area contributed by atoms with Crippen molar-refractivity contribution in [2.45, 2.75) is 222 Å². The van der Waals surface area contributed by atoms with E-state index in [-0.39, 0.29) is 142 Å². The highest BCUT2D eigenvalue weighted by Gasteiger charge is 2.48. The number of unbranched alkanes of at least 4 members (excludes halogenated alkanes) is 3. The highest BCUT2D eigenvalue weighted by Crippen LogP contribution is 2.25. The smallest absolute Gasteiger partial charge is 0.242 e. The fraction of sp³-hybridized carbons (Fsp3) is 0.869. The van der Waals surface area contributed by atoms with Gasteiger partial charge in [-0.05, 0) is 65.8 Å². The molecule has 0 spiro atoms. The molecule has 0 aromatic carbocycles. The van der Waals surface area contributed by atoms with Crippen LogP contribution in [0, 0.1) is 0 Å². The zero-order valence-electron chi connectivity index (χ0n) is 56.7. The number of hydrogen-bond acceptors (Lipinski definition) is 28. The van der Waals surface area contributed by atoms with Crippen molar-refractivity contribution in [2.75, 3.05) is 119 Å². The number of amides is 8. The highest BCUT2D eigenvalue weighted by molar-refractivity contribution is 5.88. The van der Waals surface area contributed by atoms with Gasteiger partial charge in [0.1, 0.15) is 79.1 Å². The summed E-state index contributed by atoms with van der Waals surface area (Å²) < 4.78 is 56.2. The lowest BCUT2D eigenvalue weighted by Crippen LogP contribution is -2.64. The molecular formula is C61H111N9O27. The molecule has 17 atom stereocenters. The molecule has 562 valence electrons. The van der Waals surface area contributed by atoms with Crippen molar-refractivity contribution >= 4 is 47.3 Å². The van der Waals surface area contributed by atoms with E-state index < -0.39 is 165 Å². The Kier molecular flexibility index (Phi) is 42.6. The molecule has 3 aliphatic rings. The highest BCUT2D eigenvalue weighted by atomic mass is 16.7. The summed E-state index contributed by atoms with van der Waals surface area (Å²) in [6.07, 6.45) is -12.5. The van der Waals surface area contributed by atoms with Crippen LogP contribution in [0.25, 0.3) is 0 Å². The zero-order valence-corrected chi connectivity index (χ0v) is 56.7. The Morgan fingerprint density at radius 2 is 0.794 bits per heavy atom. The first-order valence-corrected chi connectivity index (χ1v) is 33.2. The average molecular weight is 1400 g/mol. The summed E-state index contributed by atoms with van der Waals surface area (Å²) in [4.78, 5) is 102. The fourth-order valence-electron chi connectivity index (χ4n) is 10.3. The van der Waals surface area contributed by atoms with Gasteiger partial charge in [-0.3, -0.25) is 38.4 Å². The number of carbonyl (C=O) groups is 8. The summed E-state index contributed by atoms with van der Waals surface area (Å²) in [7, 11) is 0. The average Bonchev–Trinajstić information content (AvgIpc) is 0.860. The summed E-state index contributed by atoms with van der Waals surface area (Å²) in [6, 6.07) is -5.56. The van der Waals surface area contributed by atoms with Crippen molar-refractivity contribution in [3.8, 4) is 0 Å². The molecule has 3 heterocycles. The van der Waals surface area contributed by atoms with Gasteiger partial charge in [-0.25, -0.2) is 0 Å². The second kappa shape index (κ2) is 47.9. The number of carbonyl (C=O) groups excluding carboxylic acids is 8. The van der Waals surface area contributed by atoms with E-state index in [1.165, 1.54) is 20.8 Å². The molecule has 3 aliphatic heterocycles. The first-order valence-electron chi connectivity index (χ1n) is 33.2. The number of rotatable bonds is 49. The molecule has 36 heteroatoms. The second-order valence-corrected chi connectivity index (χ2v) is 24.6. The number of nitrogens with one attached hydrogen (secondary N) is 9. The minimum absolute atomic E-state index is 0.0173. The predicted octanol–water partition coefficient (Wildman–Crippen LogP) is -7.07. The zero-order chi connectivity index (χ0) is 71.9. The Hall–Kier alpha value is -5.04. The lowest BCUT2D eigenvalue weighted by molar-refractivity contribution is -0.272. The summed E-state index contributed by atoms with van der Waals surface area (Å²) >= 11 is 0. The van der Waals surface area contributed by atoms with Gasteiger partial charge in [-0.15, -0.1) is 0 Å². The molecule has 18 N–H and O–H groups in total. The van der Waals surface area contributed by atoms with Gasteiger partial charge in [0.25, 0.3) is 0 Å². The van der Waals surface area contributed by atoms with Crippen LogP contribution in [0.3, 0.4) is 0 Å². The third kappa shape index (κ3) is 34.3. The Morgan fingerprint density at radius 1 is 0.402 bits per heavy atom. The first kappa shape index (κ1) is 86.2. The van der Waals surface area contributed by atoms with E-state index in [1.54, 1.807) is 0 Å². The number of aliphatic hydroxyl groups excluding tert-OH is 9. The molecule has 3 fully saturated rings. The summed E-state index contributed by atoms with van der Waals surface area (Å²) in [5, 5.41) is 116. The van der Waals surface area contributed by atoms with E-state index in [2.05, 4.69) is 47.9 Å². The van der Waals surface area contributed by atoms with Crippen molar-refractivity contribution in [1.29, 1.82) is 0 Å². The SMILES string of the molecule is CC(=O)NC1C(OCCOCCNC(=O)CCC(NCCCC(NC(=O)CCCC(=O)NCCCCCCOC(C)(C)C)C(=O)NCCOCCOC2OC(CO)C(O)C(O)C2NC(C)=O)C(=O)NCCOCCOC2OC(CO)C(O)C(O)C2NC(C)=O)OC(CO)C(O)C1O. The monoisotopic (exact) mass is 1400 g/mol. The van der Waals surface area contributed by atoms with Crippen molar-refractivity contribution in [3.05, 3.63) is 0 Å². The molecule has 36 nitrogen and oxygen atoms in total. The molecule has 0 saturated carbocycles. The van der Waals surface area contributed by atoms with Gasteiger partial charge in [-0.2, -0.15) is 0 Å². The normalized spacial score (nSPS) is 26.4. The van der Waals surface area contributed by atoms with Crippen LogP contribution >= 0.6 is 0 Å². The summed E-state index contributed by atoms with van der Waals surface area (Å²) in [5.41, 5.74) is -0.206. The minimum atomic E-state index is -1.52. The van der Waals surface area contributed by atoms with Gasteiger partial charge in [0.2, 0.25) is 47.3 Å². The molecule has 97 heavy (non-hydrogen) atoms. The van der Waals surface area contributed by atoms with Gasteiger partial charge < -0.3 is 141 Å². The molecule has 17 unspecified atom stereocenters. The van der Waals surface area contributed by atoms with Gasteiger partial charge in [0.15, 0.2) is 18.9 Å². The minimum Gasteiger partial charge on any atom is -0.394 e. The number of aliphatic hydroxyl groups is 9. The van der Waals surface area contributed by atoms with Gasteiger partial charge in [-0.1, -0.05) is 12.8 Å². The molecule has 0 bridgehead atoms. The van der Waals surface area contributed by atoms with E-state index >= 15 is 0 Å². The third-order valence-corrected chi connectivity index (χ3v) is 15.4. The third-order valence-electron chi connectivity index (χ3n) is 15.4. The van der Waals surface area contributed by atoms with Crippen molar-refractivity contribution < 1.29 is 132 Å². The Morgan fingerprint density at radius 3 is 1.22 bits per heavy atom. The molecule has 0 aliphatic carbocycles. The van der Waals surface area contributed by atoms with Crippen LogP contribution in [-0.4, -0.2) is 321 Å². The van der Waals surface area contributed by atoms with Crippen LogP contribution in [0.5, 0.6) is 0 Å². The van der Waals surface area contributed by atoms with Crippen LogP contribution in [0.1, 0.15) is 112 Å². The van der Waals surface area contributed by atoms with E-state index in [4.69, 9.17) is 47.4 Å². The van der Waals surface area contributed by atoms with Crippen LogP contribution in [-0.2, 0) is 85.7 Å². The predicted molar refractivity (Wildman–Crippen MR) is 339 cm³/mol. The largest absolute Gasteiger partial charge is 0.394 e. The first-order chi connectivity index (χ1) is 46.2. The molecule has 3 rings (SSSR count). The standard InChI is InChI=1S/C61H111N9O27/c1-36(74)67-47-53(83)50(80)41(33-71)95-58(47)91-30-27-88-24-20-64-45(78)17-16-39(56(86)65-21-25-89-28-31-92-59-48(68-37(2)75)54(84)51(81)42(34-72)96-59)62-19-12-13-40(70-46(79)15-11-14-44(77)63-18-9-7-8-10-23-94-61(4,5)6)57(87)66-22-26-90-29-32-93-60-49(69-38(3)76)55(85)52(82)43(35-73)97-60/h39-43,47-55,58-60,62,71-73,80-85H,7-35H2,1-6H3,(H,63,77)(H,64,78)(H,65,86)(H,66,87)(H,67,74)(H,68,75)(H,69,76)(H,70,79). The Labute approximate surface area is 565 Å². The van der Waals surface area contributed by atoms with E-state index in [0.717, 1.165) is 25.7 Å². The quantitative estimate of drug-likeness (QED) is 0.0252. The molecule has 3 saturated heterocycles. The van der Waals surface area contributed by atoms with E-state index in [9.17, 15) is 84.3 Å². The Bertz CT molecular complexity index is 2300. The lowest BCUT2D eigenvalue weighted by Gasteiger charge is -2.42. The molecule has 0 radical (unpaired) electrons. The van der Waals surface area contributed by atoms with Gasteiger partial charge in [0.05, 0.1) is 90.9 Å².